The molecule has 0 aliphatic carbocycles. The normalized spacial score (nSPS) is 9.29. The summed E-state index contributed by atoms with van der Waals surface area (Å²) in [6.45, 7) is -0.681. The highest BCUT2D eigenvalue weighted by molar-refractivity contribution is 5.89. The Morgan fingerprint density at radius 1 is 1.10 bits per heavy atom. The highest BCUT2D eigenvalue weighted by Gasteiger charge is 2.43. The maximum atomic E-state index is 11.6. The van der Waals surface area contributed by atoms with E-state index in [1.54, 1.807) is 0 Å². The predicted molar refractivity (Wildman–Crippen MR) is 51.7 cm³/mol. The van der Waals surface area contributed by atoms with Crippen molar-refractivity contribution in [1.82, 2.24) is 0 Å². The van der Waals surface area contributed by atoms with Gasteiger partial charge in [0.25, 0.3) is 12.2 Å². The molecular weight excluding hydrogens is 327 g/mol. The Morgan fingerprint density at radius 2 is 1.43 bits per heavy atom. The SMILES string of the molecule is COC(=O)C(=C(F)F)C(F)(F)F.COCF.FC=C(F)F. The minimum atomic E-state index is -5.38. The fourth-order valence-corrected chi connectivity index (χ4v) is 0.402. The Morgan fingerprint density at radius 3 is 1.48 bits per heavy atom. The summed E-state index contributed by atoms with van der Waals surface area (Å²) >= 11 is 0. The molecule has 0 aromatic rings. The van der Waals surface area contributed by atoms with E-state index in [0.717, 1.165) is 0 Å². The van der Waals surface area contributed by atoms with Crippen molar-refractivity contribution < 1.29 is 53.8 Å². The highest BCUT2D eigenvalue weighted by Crippen LogP contribution is 2.30. The molecule has 0 rings (SSSR count). The molecule has 0 aromatic heterocycles. The van der Waals surface area contributed by atoms with Gasteiger partial charge in [-0.3, -0.25) is 0 Å². The molecule has 126 valence electrons. The van der Waals surface area contributed by atoms with E-state index >= 15 is 0 Å². The van der Waals surface area contributed by atoms with E-state index in [1.165, 1.54) is 7.11 Å². The van der Waals surface area contributed by atoms with Gasteiger partial charge < -0.3 is 9.47 Å². The molecule has 0 aliphatic heterocycles. The third kappa shape index (κ3) is 16.2. The van der Waals surface area contributed by atoms with Crippen LogP contribution in [0, 0.1) is 0 Å². The number of carbonyl (C=O) groups is 1. The fraction of sp³-hybridized carbons (Fsp3) is 0.444. The zero-order valence-electron chi connectivity index (χ0n) is 10.4. The van der Waals surface area contributed by atoms with Crippen LogP contribution in [0.15, 0.2) is 24.1 Å². The number of methoxy groups -OCH3 is 2. The van der Waals surface area contributed by atoms with Crippen molar-refractivity contribution >= 4 is 5.97 Å². The molecule has 12 heteroatoms. The second-order valence-corrected chi connectivity index (χ2v) is 2.42. The molecule has 0 N–H and O–H groups in total. The molecule has 0 aromatic carbocycles. The fourth-order valence-electron chi connectivity index (χ4n) is 0.402. The number of halogens is 9. The topological polar surface area (TPSA) is 35.5 Å². The molecule has 0 aliphatic rings. The molecule has 0 fully saturated rings. The Bertz CT molecular complexity index is 339. The Kier molecular flexibility index (Phi) is 15.4. The summed E-state index contributed by atoms with van der Waals surface area (Å²) in [5.74, 6) is -2.09. The van der Waals surface area contributed by atoms with Gasteiger partial charge in [0.15, 0.2) is 13.2 Å². The smallest absolute Gasteiger partial charge is 0.428 e. The summed E-state index contributed by atoms with van der Waals surface area (Å²) in [7, 11) is 1.89. The first-order valence-electron chi connectivity index (χ1n) is 4.36. The maximum Gasteiger partial charge on any atom is 0.428 e. The standard InChI is InChI=1S/C5H3F5O2.C2HF3.C2H5FO/c1-12-4(11)2(3(6)7)5(8,9)10;3-1-2(4)5;1-4-2-3/h1H3;1H;2H2,1H3. The summed E-state index contributed by atoms with van der Waals surface area (Å²) in [5, 5.41) is 0. The van der Waals surface area contributed by atoms with E-state index in [4.69, 9.17) is 0 Å². The minimum absolute atomic E-state index is 0.580. The molecule has 0 unspecified atom stereocenters. The van der Waals surface area contributed by atoms with E-state index in [-0.39, 0.29) is 0 Å². The van der Waals surface area contributed by atoms with Gasteiger partial charge in [0, 0.05) is 7.11 Å². The lowest BCUT2D eigenvalue weighted by atomic mass is 10.3. The van der Waals surface area contributed by atoms with Gasteiger partial charge in [-0.15, -0.1) is 0 Å². The number of carbonyl (C=O) groups excluding carboxylic acids is 1. The van der Waals surface area contributed by atoms with E-state index in [1.807, 2.05) is 0 Å². The zero-order chi connectivity index (χ0) is 17.6. The average molecular weight is 336 g/mol. The third-order valence-corrected chi connectivity index (χ3v) is 1.05. The number of hydrogen-bond acceptors (Lipinski definition) is 3. The van der Waals surface area contributed by atoms with E-state index in [9.17, 15) is 44.3 Å². The lowest BCUT2D eigenvalue weighted by Crippen LogP contribution is -2.22. The summed E-state index contributed by atoms with van der Waals surface area (Å²) in [5.41, 5.74) is -2.56. The predicted octanol–water partition coefficient (Wildman–Crippen LogP) is 4.13. The van der Waals surface area contributed by atoms with Crippen LogP contribution in [0.1, 0.15) is 0 Å². The van der Waals surface area contributed by atoms with Gasteiger partial charge in [0.1, 0.15) is 0 Å². The highest BCUT2D eigenvalue weighted by atomic mass is 19.4. The first-order valence-corrected chi connectivity index (χ1v) is 4.36. The van der Waals surface area contributed by atoms with Crippen LogP contribution in [-0.2, 0) is 14.3 Å². The van der Waals surface area contributed by atoms with E-state index in [2.05, 4.69) is 9.47 Å². The van der Waals surface area contributed by atoms with Gasteiger partial charge in [-0.05, 0) is 0 Å². The molecule has 0 amide bonds. The maximum absolute atomic E-state index is 11.6. The number of ether oxygens (including phenoxy) is 2. The lowest BCUT2D eigenvalue weighted by molar-refractivity contribution is -0.149. The Balaban J connectivity index is -0.000000297. The van der Waals surface area contributed by atoms with Gasteiger partial charge in [0.2, 0.25) is 5.57 Å². The number of hydrogen-bond donors (Lipinski definition) is 0. The Labute approximate surface area is 112 Å². The van der Waals surface area contributed by atoms with Crippen LogP contribution in [0.3, 0.4) is 0 Å². The van der Waals surface area contributed by atoms with Gasteiger partial charge in [0.05, 0.1) is 7.11 Å². The average Bonchev–Trinajstić information content (AvgIpc) is 2.37. The van der Waals surface area contributed by atoms with Crippen LogP contribution in [0.5, 0.6) is 0 Å². The van der Waals surface area contributed by atoms with Crippen LogP contribution in [-0.4, -0.2) is 33.2 Å². The lowest BCUT2D eigenvalue weighted by Gasteiger charge is -2.06. The van der Waals surface area contributed by atoms with Crippen molar-refractivity contribution in [2.45, 2.75) is 6.18 Å². The molecule has 0 heterocycles. The largest absolute Gasteiger partial charge is 0.465 e. The first-order chi connectivity index (χ1) is 9.49. The van der Waals surface area contributed by atoms with E-state index in [0.29, 0.717) is 7.11 Å². The summed E-state index contributed by atoms with van der Waals surface area (Å²) < 4.78 is 106. The molecule has 0 atom stereocenters. The zero-order valence-corrected chi connectivity index (χ0v) is 10.4. The van der Waals surface area contributed by atoms with Crippen LogP contribution in [0.4, 0.5) is 39.5 Å². The monoisotopic (exact) mass is 336 g/mol. The molecule has 0 bridgehead atoms. The van der Waals surface area contributed by atoms with Crippen molar-refractivity contribution in [2.75, 3.05) is 21.1 Å². The molecule has 3 nitrogen and oxygen atoms in total. The number of esters is 1. The van der Waals surface area contributed by atoms with Gasteiger partial charge in [-0.25, -0.2) is 13.6 Å². The number of rotatable bonds is 2. The second-order valence-electron chi connectivity index (χ2n) is 2.42. The van der Waals surface area contributed by atoms with Crippen molar-refractivity contribution in [1.29, 1.82) is 0 Å². The molecule has 0 saturated heterocycles. The molecular formula is C9H9F9O3. The van der Waals surface area contributed by atoms with Gasteiger partial charge in [-0.2, -0.15) is 30.7 Å². The summed E-state index contributed by atoms with van der Waals surface area (Å²) in [6, 6.07) is 0. The van der Waals surface area contributed by atoms with E-state index < -0.39 is 43.1 Å². The Hall–Kier alpha value is -1.72. The molecule has 0 saturated carbocycles. The van der Waals surface area contributed by atoms with Crippen LogP contribution >= 0.6 is 0 Å². The summed E-state index contributed by atoms with van der Waals surface area (Å²) in [6.07, 6.45) is -11.5. The molecule has 21 heavy (non-hydrogen) atoms. The van der Waals surface area contributed by atoms with Crippen LogP contribution in [0.2, 0.25) is 0 Å². The molecule has 0 spiro atoms. The first kappa shape index (κ1) is 24.3. The third-order valence-electron chi connectivity index (χ3n) is 1.05. The number of alkyl halides is 4. The second kappa shape index (κ2) is 13.3. The van der Waals surface area contributed by atoms with Crippen molar-refractivity contribution in [3.05, 3.63) is 24.1 Å². The molecule has 0 radical (unpaired) electrons. The minimum Gasteiger partial charge on any atom is -0.465 e. The van der Waals surface area contributed by atoms with Crippen molar-refractivity contribution in [3.8, 4) is 0 Å². The quantitative estimate of drug-likeness (QED) is 0.432. The van der Waals surface area contributed by atoms with Crippen molar-refractivity contribution in [2.24, 2.45) is 0 Å². The summed E-state index contributed by atoms with van der Waals surface area (Å²) in [4.78, 5) is 10.1. The van der Waals surface area contributed by atoms with Crippen LogP contribution < -0.4 is 0 Å². The van der Waals surface area contributed by atoms with Crippen molar-refractivity contribution in [3.63, 3.8) is 0 Å². The van der Waals surface area contributed by atoms with Crippen LogP contribution in [0.25, 0.3) is 0 Å². The van der Waals surface area contributed by atoms with Gasteiger partial charge in [-0.1, -0.05) is 0 Å². The van der Waals surface area contributed by atoms with Gasteiger partial charge >= 0.3 is 12.1 Å².